The summed E-state index contributed by atoms with van der Waals surface area (Å²) in [6.07, 6.45) is 5.45. The number of carbonyl (C=O) groups is 1. The molecule has 1 aliphatic heterocycles. The van der Waals surface area contributed by atoms with E-state index in [1.54, 1.807) is 17.2 Å². The molecule has 1 aliphatic rings. The van der Waals surface area contributed by atoms with Crippen LogP contribution >= 0.6 is 11.6 Å². The van der Waals surface area contributed by atoms with E-state index in [2.05, 4.69) is 23.9 Å². The average molecular weight is 337 g/mol. The second-order valence-electron chi connectivity index (χ2n) is 6.34. The third-order valence-corrected chi connectivity index (χ3v) is 4.64. The number of aromatic amines is 1. The number of hydrogen-bond acceptors (Lipinski definition) is 3. The van der Waals surface area contributed by atoms with Gasteiger partial charge in [0, 0.05) is 50.0 Å². The second kappa shape index (κ2) is 6.37. The molecule has 3 rings (SSSR count). The van der Waals surface area contributed by atoms with Crippen LogP contribution in [0.4, 0.5) is 0 Å². The quantitative estimate of drug-likeness (QED) is 0.899. The van der Waals surface area contributed by atoms with Crippen LogP contribution in [0.1, 0.15) is 41.9 Å². The van der Waals surface area contributed by atoms with Gasteiger partial charge < -0.3 is 15.0 Å². The predicted molar refractivity (Wildman–Crippen MR) is 87.6 cm³/mol. The van der Waals surface area contributed by atoms with Gasteiger partial charge in [-0.1, -0.05) is 11.6 Å². The molecule has 2 aromatic heterocycles. The monoisotopic (exact) mass is 336 g/mol. The molecule has 2 atom stereocenters. The van der Waals surface area contributed by atoms with Crippen LogP contribution in [0.2, 0.25) is 5.02 Å². The maximum absolute atomic E-state index is 12.5. The van der Waals surface area contributed by atoms with Gasteiger partial charge in [0.15, 0.2) is 0 Å². The van der Waals surface area contributed by atoms with Gasteiger partial charge in [-0.05, 0) is 25.5 Å². The molecule has 2 N–H and O–H groups in total. The number of hydrogen-bond donors (Lipinski definition) is 2. The van der Waals surface area contributed by atoms with E-state index in [0.717, 1.165) is 5.56 Å². The number of nitrogens with one attached hydrogen (secondary N) is 1. The summed E-state index contributed by atoms with van der Waals surface area (Å²) in [5.41, 5.74) is 1.54. The first kappa shape index (κ1) is 16.1. The molecule has 2 aromatic rings. The Morgan fingerprint density at radius 3 is 2.87 bits per heavy atom. The van der Waals surface area contributed by atoms with Crippen LogP contribution in [0, 0.1) is 5.92 Å². The Balaban J connectivity index is 1.78. The highest BCUT2D eigenvalue weighted by Crippen LogP contribution is 2.33. The second-order valence-corrected chi connectivity index (χ2v) is 6.77. The number of likely N-dealkylation sites (tertiary alicyclic amines) is 1. The van der Waals surface area contributed by atoms with E-state index >= 15 is 0 Å². The molecule has 0 aliphatic carbocycles. The molecule has 0 saturated carbocycles. The number of nitrogens with zero attached hydrogens (tertiary/aromatic N) is 3. The Bertz CT molecular complexity index is 694. The Labute approximate surface area is 140 Å². The third-order valence-electron chi connectivity index (χ3n) is 4.42. The van der Waals surface area contributed by atoms with Crippen molar-refractivity contribution in [2.45, 2.75) is 25.8 Å². The minimum atomic E-state index is -0.0888. The standard InChI is InChI=1S/C16H21ClN4O2/c1-10(2)21-7-11(4-19-21)14-8-20(6-12(14)9-22)16(23)15-3-13(17)5-18-15/h3-5,7,10,12,14,18,22H,6,8-9H2,1-2H3/t12-,14-/m0/s1. The van der Waals surface area contributed by atoms with Crippen LogP contribution in [0.25, 0.3) is 0 Å². The summed E-state index contributed by atoms with van der Waals surface area (Å²) in [7, 11) is 0. The zero-order chi connectivity index (χ0) is 16.6. The van der Waals surface area contributed by atoms with Gasteiger partial charge in [0.25, 0.3) is 5.91 Å². The molecule has 0 spiro atoms. The molecule has 124 valence electrons. The van der Waals surface area contributed by atoms with Gasteiger partial charge in [0.1, 0.15) is 5.69 Å². The molecule has 0 radical (unpaired) electrons. The molecule has 1 amide bonds. The van der Waals surface area contributed by atoms with Crippen LogP contribution in [0.15, 0.2) is 24.7 Å². The molecule has 0 aromatic carbocycles. The van der Waals surface area contributed by atoms with Crippen molar-refractivity contribution < 1.29 is 9.90 Å². The lowest BCUT2D eigenvalue weighted by Crippen LogP contribution is -2.29. The van der Waals surface area contributed by atoms with E-state index in [-0.39, 0.29) is 30.4 Å². The van der Waals surface area contributed by atoms with Crippen molar-refractivity contribution in [3.63, 3.8) is 0 Å². The van der Waals surface area contributed by atoms with E-state index in [4.69, 9.17) is 11.6 Å². The lowest BCUT2D eigenvalue weighted by atomic mass is 9.92. The van der Waals surface area contributed by atoms with Crippen molar-refractivity contribution in [3.8, 4) is 0 Å². The number of amides is 1. The summed E-state index contributed by atoms with van der Waals surface area (Å²) in [5.74, 6) is 0.0326. The average Bonchev–Trinajstić information content (AvgIpc) is 3.24. The molecule has 23 heavy (non-hydrogen) atoms. The third kappa shape index (κ3) is 3.14. The van der Waals surface area contributed by atoms with E-state index in [1.807, 2.05) is 17.1 Å². The van der Waals surface area contributed by atoms with Crippen LogP contribution in [0.3, 0.4) is 0 Å². The number of aliphatic hydroxyl groups is 1. The van der Waals surface area contributed by atoms with Crippen LogP contribution in [-0.4, -0.2) is 50.4 Å². The molecule has 1 saturated heterocycles. The lowest BCUT2D eigenvalue weighted by Gasteiger charge is -2.15. The van der Waals surface area contributed by atoms with Crippen molar-refractivity contribution in [1.82, 2.24) is 19.7 Å². The summed E-state index contributed by atoms with van der Waals surface area (Å²) in [6, 6.07) is 1.92. The van der Waals surface area contributed by atoms with Crippen LogP contribution in [0.5, 0.6) is 0 Å². The number of carbonyl (C=O) groups excluding carboxylic acids is 1. The van der Waals surface area contributed by atoms with Gasteiger partial charge in [0.05, 0.1) is 11.2 Å². The minimum absolute atomic E-state index is 0.0224. The highest BCUT2D eigenvalue weighted by Gasteiger charge is 2.37. The van der Waals surface area contributed by atoms with Crippen molar-refractivity contribution in [3.05, 3.63) is 40.9 Å². The van der Waals surface area contributed by atoms with Crippen molar-refractivity contribution >= 4 is 17.5 Å². The number of aliphatic hydroxyl groups excluding tert-OH is 1. The molecular weight excluding hydrogens is 316 g/mol. The summed E-state index contributed by atoms with van der Waals surface area (Å²) < 4.78 is 1.90. The molecule has 7 heteroatoms. The first-order valence-corrected chi connectivity index (χ1v) is 8.15. The maximum Gasteiger partial charge on any atom is 0.270 e. The molecule has 1 fully saturated rings. The zero-order valence-corrected chi connectivity index (χ0v) is 14.0. The fourth-order valence-corrected chi connectivity index (χ4v) is 3.25. The predicted octanol–water partition coefficient (Wildman–Crippen LogP) is 2.29. The van der Waals surface area contributed by atoms with E-state index < -0.39 is 0 Å². The fraction of sp³-hybridized carbons (Fsp3) is 0.500. The van der Waals surface area contributed by atoms with Gasteiger partial charge in [-0.3, -0.25) is 9.48 Å². The Hall–Kier alpha value is -1.79. The minimum Gasteiger partial charge on any atom is -0.396 e. The summed E-state index contributed by atoms with van der Waals surface area (Å²) in [5, 5.41) is 14.6. The Morgan fingerprint density at radius 2 is 2.30 bits per heavy atom. The number of rotatable bonds is 4. The Kier molecular flexibility index (Phi) is 4.46. The first-order valence-electron chi connectivity index (χ1n) is 7.77. The number of halogens is 1. The van der Waals surface area contributed by atoms with Crippen molar-refractivity contribution in [2.24, 2.45) is 5.92 Å². The highest BCUT2D eigenvalue weighted by atomic mass is 35.5. The SMILES string of the molecule is CC(C)n1cc([C@@H]2CN(C(=O)c3cc(Cl)c[nH]3)C[C@H]2CO)cn1. The van der Waals surface area contributed by atoms with Gasteiger partial charge in [-0.25, -0.2) is 0 Å². The molecule has 0 unspecified atom stereocenters. The van der Waals surface area contributed by atoms with E-state index in [0.29, 0.717) is 23.8 Å². The number of aromatic nitrogens is 3. The fourth-order valence-electron chi connectivity index (χ4n) is 3.09. The maximum atomic E-state index is 12.5. The largest absolute Gasteiger partial charge is 0.396 e. The first-order chi connectivity index (χ1) is 11.0. The zero-order valence-electron chi connectivity index (χ0n) is 13.2. The molecule has 0 bridgehead atoms. The van der Waals surface area contributed by atoms with Crippen LogP contribution < -0.4 is 0 Å². The highest BCUT2D eigenvalue weighted by molar-refractivity contribution is 6.30. The van der Waals surface area contributed by atoms with Gasteiger partial charge in [-0.2, -0.15) is 5.10 Å². The topological polar surface area (TPSA) is 74.2 Å². The van der Waals surface area contributed by atoms with Crippen LogP contribution in [-0.2, 0) is 0 Å². The Morgan fingerprint density at radius 1 is 1.52 bits per heavy atom. The van der Waals surface area contributed by atoms with Crippen molar-refractivity contribution in [2.75, 3.05) is 19.7 Å². The molecule has 3 heterocycles. The van der Waals surface area contributed by atoms with Gasteiger partial charge >= 0.3 is 0 Å². The lowest BCUT2D eigenvalue weighted by molar-refractivity contribution is 0.0776. The summed E-state index contributed by atoms with van der Waals surface area (Å²) in [6.45, 7) is 5.29. The molecule has 6 nitrogen and oxygen atoms in total. The van der Waals surface area contributed by atoms with Crippen molar-refractivity contribution in [1.29, 1.82) is 0 Å². The smallest absolute Gasteiger partial charge is 0.270 e. The van der Waals surface area contributed by atoms with E-state index in [9.17, 15) is 9.90 Å². The van der Waals surface area contributed by atoms with Gasteiger partial charge in [-0.15, -0.1) is 0 Å². The normalized spacial score (nSPS) is 21.3. The van der Waals surface area contributed by atoms with E-state index in [1.165, 1.54) is 0 Å². The summed E-state index contributed by atoms with van der Waals surface area (Å²) >= 11 is 5.87. The molecular formula is C16H21ClN4O2. The van der Waals surface area contributed by atoms with Gasteiger partial charge in [0.2, 0.25) is 0 Å². The summed E-state index contributed by atoms with van der Waals surface area (Å²) in [4.78, 5) is 17.2. The number of H-pyrrole nitrogens is 1.